The van der Waals surface area contributed by atoms with E-state index in [-0.39, 0.29) is 11.8 Å². The number of hydrogen-bond donors (Lipinski definition) is 0. The Morgan fingerprint density at radius 3 is 2.56 bits per heavy atom. The highest BCUT2D eigenvalue weighted by molar-refractivity contribution is 6.06. The summed E-state index contributed by atoms with van der Waals surface area (Å²) in [6.07, 6.45) is 2.30. The fourth-order valence-corrected chi connectivity index (χ4v) is 5.33. The minimum atomic E-state index is 0.0395. The van der Waals surface area contributed by atoms with Gasteiger partial charge in [-0.2, -0.15) is 0 Å². The van der Waals surface area contributed by atoms with Gasteiger partial charge in [-0.1, -0.05) is 24.3 Å². The number of fused-ring (bicyclic) bond motifs is 2. The summed E-state index contributed by atoms with van der Waals surface area (Å²) in [5.41, 5.74) is 4.92. The Labute approximate surface area is 211 Å². The average Bonchev–Trinajstić information content (AvgIpc) is 3.75. The van der Waals surface area contributed by atoms with Crippen molar-refractivity contribution in [1.82, 2.24) is 19.7 Å². The molecule has 186 valence electrons. The normalized spacial score (nSPS) is 18.5. The van der Waals surface area contributed by atoms with Gasteiger partial charge in [-0.3, -0.25) is 19.5 Å². The van der Waals surface area contributed by atoms with E-state index in [1.807, 2.05) is 46.2 Å². The first kappa shape index (κ1) is 23.0. The number of piperazine rings is 1. The molecule has 0 radical (unpaired) electrons. The molecule has 3 heterocycles. The van der Waals surface area contributed by atoms with Crippen LogP contribution in [0.4, 0.5) is 0 Å². The molecule has 0 spiro atoms. The van der Waals surface area contributed by atoms with Gasteiger partial charge in [-0.05, 0) is 42.7 Å². The van der Waals surface area contributed by atoms with Crippen LogP contribution in [-0.4, -0.2) is 70.8 Å². The van der Waals surface area contributed by atoms with Gasteiger partial charge < -0.3 is 14.5 Å². The third-order valence-electron chi connectivity index (χ3n) is 7.58. The van der Waals surface area contributed by atoms with Crippen LogP contribution < -0.4 is 4.74 Å². The van der Waals surface area contributed by atoms with Gasteiger partial charge in [0.15, 0.2) is 0 Å². The molecular formula is C29H32N4O3. The summed E-state index contributed by atoms with van der Waals surface area (Å²) in [6.45, 7) is 7.29. The molecule has 6 rings (SSSR count). The molecule has 1 saturated carbocycles. The average molecular weight is 485 g/mol. The minimum absolute atomic E-state index is 0.0395. The number of carbonyl (C=O) groups excluding carboxylic acids is 2. The molecule has 1 aliphatic carbocycles. The van der Waals surface area contributed by atoms with Crippen LogP contribution in [0.5, 0.6) is 5.75 Å². The second-order valence-corrected chi connectivity index (χ2v) is 10.2. The number of aromatic nitrogens is 1. The van der Waals surface area contributed by atoms with Gasteiger partial charge in [0.2, 0.25) is 5.91 Å². The van der Waals surface area contributed by atoms with Crippen LogP contribution in [0, 0.1) is 0 Å². The van der Waals surface area contributed by atoms with E-state index in [4.69, 9.17) is 9.72 Å². The molecule has 0 unspecified atom stereocenters. The van der Waals surface area contributed by atoms with Gasteiger partial charge in [-0.25, -0.2) is 0 Å². The van der Waals surface area contributed by atoms with Crippen molar-refractivity contribution in [3.05, 3.63) is 70.9 Å². The highest BCUT2D eigenvalue weighted by Crippen LogP contribution is 2.40. The lowest BCUT2D eigenvalue weighted by Gasteiger charge is -2.34. The monoisotopic (exact) mass is 484 g/mol. The number of benzene rings is 2. The quantitative estimate of drug-likeness (QED) is 0.564. The first-order chi connectivity index (χ1) is 17.5. The van der Waals surface area contributed by atoms with E-state index in [1.165, 1.54) is 5.56 Å². The highest BCUT2D eigenvalue weighted by atomic mass is 16.5. The van der Waals surface area contributed by atoms with E-state index in [1.54, 1.807) is 6.92 Å². The third-order valence-corrected chi connectivity index (χ3v) is 7.58. The lowest BCUT2D eigenvalue weighted by atomic mass is 10.0. The summed E-state index contributed by atoms with van der Waals surface area (Å²) in [5, 5.41) is 0.913. The number of amides is 2. The molecule has 1 saturated heterocycles. The van der Waals surface area contributed by atoms with E-state index in [2.05, 4.69) is 17.0 Å². The van der Waals surface area contributed by atoms with E-state index >= 15 is 0 Å². The molecule has 2 amide bonds. The molecule has 0 bridgehead atoms. The molecule has 2 fully saturated rings. The Balaban J connectivity index is 1.22. The van der Waals surface area contributed by atoms with Crippen molar-refractivity contribution in [3.8, 4) is 5.75 Å². The van der Waals surface area contributed by atoms with Crippen molar-refractivity contribution in [2.24, 2.45) is 0 Å². The second kappa shape index (κ2) is 9.54. The summed E-state index contributed by atoms with van der Waals surface area (Å²) >= 11 is 0. The predicted molar refractivity (Wildman–Crippen MR) is 138 cm³/mol. The van der Waals surface area contributed by atoms with Gasteiger partial charge >= 0.3 is 0 Å². The maximum absolute atomic E-state index is 13.9. The van der Waals surface area contributed by atoms with Gasteiger partial charge in [-0.15, -0.1) is 0 Å². The number of carbonyl (C=O) groups is 2. The maximum Gasteiger partial charge on any atom is 0.255 e. The molecule has 2 aromatic carbocycles. The number of ether oxygens (including phenoxy) is 1. The summed E-state index contributed by atoms with van der Waals surface area (Å²) in [7, 11) is 0. The Morgan fingerprint density at radius 1 is 0.972 bits per heavy atom. The summed E-state index contributed by atoms with van der Waals surface area (Å²) in [5.74, 6) is 1.52. The Hall–Kier alpha value is -3.45. The number of para-hydroxylation sites is 1. The van der Waals surface area contributed by atoms with Crippen molar-refractivity contribution >= 4 is 22.7 Å². The van der Waals surface area contributed by atoms with E-state index in [9.17, 15) is 9.59 Å². The molecule has 7 nitrogen and oxygen atoms in total. The van der Waals surface area contributed by atoms with Gasteiger partial charge in [0.1, 0.15) is 12.4 Å². The molecule has 7 heteroatoms. The fraction of sp³-hybridized carbons (Fsp3) is 0.414. The number of nitrogens with zero attached hydrogens (tertiary/aromatic N) is 4. The van der Waals surface area contributed by atoms with Crippen molar-refractivity contribution in [2.45, 2.75) is 38.8 Å². The first-order valence-corrected chi connectivity index (χ1v) is 13.0. The largest absolute Gasteiger partial charge is 0.491 e. The van der Waals surface area contributed by atoms with Gasteiger partial charge in [0.25, 0.3) is 5.91 Å². The van der Waals surface area contributed by atoms with Crippen molar-refractivity contribution < 1.29 is 14.3 Å². The molecule has 0 atom stereocenters. The van der Waals surface area contributed by atoms with Gasteiger partial charge in [0, 0.05) is 68.8 Å². The molecule has 2 aliphatic heterocycles. The molecule has 0 N–H and O–H groups in total. The lowest BCUT2D eigenvalue weighted by molar-refractivity contribution is -0.130. The van der Waals surface area contributed by atoms with Crippen molar-refractivity contribution in [2.75, 3.05) is 39.3 Å². The number of pyridine rings is 1. The zero-order chi connectivity index (χ0) is 24.6. The zero-order valence-electron chi connectivity index (χ0n) is 20.8. The first-order valence-electron chi connectivity index (χ1n) is 13.0. The van der Waals surface area contributed by atoms with Crippen LogP contribution in [0.2, 0.25) is 0 Å². The Kier molecular flexibility index (Phi) is 6.09. The minimum Gasteiger partial charge on any atom is -0.491 e. The molecule has 36 heavy (non-hydrogen) atoms. The molecule has 3 aliphatic rings. The number of rotatable bonds is 4. The second-order valence-electron chi connectivity index (χ2n) is 10.2. The topological polar surface area (TPSA) is 66.0 Å². The third kappa shape index (κ3) is 4.67. The van der Waals surface area contributed by atoms with Gasteiger partial charge in [0.05, 0.1) is 17.6 Å². The number of hydrogen-bond acceptors (Lipinski definition) is 5. The Morgan fingerprint density at radius 2 is 1.78 bits per heavy atom. The summed E-state index contributed by atoms with van der Waals surface area (Å²) < 4.78 is 6.05. The summed E-state index contributed by atoms with van der Waals surface area (Å²) in [6, 6.07) is 16.3. The van der Waals surface area contributed by atoms with Crippen LogP contribution in [-0.2, 0) is 17.9 Å². The smallest absolute Gasteiger partial charge is 0.255 e. The standard InChI is InChI=1S/C29H32N4O3/c1-20(34)32-12-10-31(11-13-32)18-21-6-9-28-23(16-21)19-33(14-15-36-28)29(35)25-17-27(22-7-8-22)30-26-5-3-2-4-24(25)26/h2-6,9,16-17,22H,7-8,10-15,18-19H2,1H3. The Bertz CT molecular complexity index is 1310. The van der Waals surface area contributed by atoms with Crippen LogP contribution in [0.3, 0.4) is 0 Å². The maximum atomic E-state index is 13.9. The fourth-order valence-electron chi connectivity index (χ4n) is 5.33. The SMILES string of the molecule is CC(=O)N1CCN(Cc2ccc3c(c2)CN(C(=O)c2cc(C4CC4)nc4ccccc24)CCO3)CC1. The highest BCUT2D eigenvalue weighted by Gasteiger charge is 2.29. The zero-order valence-corrected chi connectivity index (χ0v) is 20.8. The predicted octanol–water partition coefficient (Wildman–Crippen LogP) is 3.81. The molecular weight excluding hydrogens is 452 g/mol. The van der Waals surface area contributed by atoms with Crippen LogP contribution in [0.25, 0.3) is 10.9 Å². The van der Waals surface area contributed by atoms with Crippen molar-refractivity contribution in [3.63, 3.8) is 0 Å². The van der Waals surface area contributed by atoms with Crippen LogP contribution in [0.15, 0.2) is 48.5 Å². The van der Waals surface area contributed by atoms with E-state index < -0.39 is 0 Å². The van der Waals surface area contributed by atoms with E-state index in [0.717, 1.165) is 79.0 Å². The summed E-state index contributed by atoms with van der Waals surface area (Å²) in [4.78, 5) is 36.5. The van der Waals surface area contributed by atoms with Crippen LogP contribution in [0.1, 0.15) is 52.9 Å². The van der Waals surface area contributed by atoms with E-state index in [0.29, 0.717) is 25.6 Å². The molecule has 1 aromatic heterocycles. The molecule has 3 aromatic rings. The van der Waals surface area contributed by atoms with Crippen molar-refractivity contribution in [1.29, 1.82) is 0 Å². The lowest BCUT2D eigenvalue weighted by Crippen LogP contribution is -2.47. The van der Waals surface area contributed by atoms with Crippen LogP contribution >= 0.6 is 0 Å².